The van der Waals surface area contributed by atoms with Crippen LogP contribution < -0.4 is 26.6 Å². The molecule has 5 amide bonds. The molecule has 4 rings (SSSR count). The molecule has 25 heteroatoms. The van der Waals surface area contributed by atoms with E-state index in [-0.39, 0.29) is 45.5 Å². The Labute approximate surface area is 451 Å². The second kappa shape index (κ2) is 27.2. The van der Waals surface area contributed by atoms with Gasteiger partial charge in [0.1, 0.15) is 65.1 Å². The first kappa shape index (κ1) is 64.4. The van der Waals surface area contributed by atoms with Gasteiger partial charge in [-0.05, 0) is 128 Å². The summed E-state index contributed by atoms with van der Waals surface area (Å²) in [4.78, 5) is 80.1. The summed E-state index contributed by atoms with van der Waals surface area (Å²) >= 11 is 0. The van der Waals surface area contributed by atoms with Crippen LogP contribution in [0, 0.1) is 0 Å². The molecular weight excluding hydrogens is 1010 g/mol. The highest BCUT2D eigenvalue weighted by Crippen LogP contribution is 2.35. The lowest BCUT2D eigenvalue weighted by Crippen LogP contribution is -2.71. The number of aliphatic hydroxyl groups excluding tert-OH is 3. The van der Waals surface area contributed by atoms with E-state index in [0.717, 1.165) is 4.90 Å². The van der Waals surface area contributed by atoms with E-state index in [1.165, 1.54) is 14.0 Å². The Morgan fingerprint density at radius 1 is 0.714 bits per heavy atom. The standard InChI is InChI=1S/C52H86N6O19/c1-48(2,3)74-44(64)54-23-22-34(59)40(62)55-32-26-33(57-46(66)76-50(7,8)9)38(35(60)37(32)73-43-36(61)39(52(13,68)28-70-43)58(14)47(67)77-51(10,11)12)72-42-31(56-45(65)75-49(4,5)6)21-20-30(71-42)27-53-24-25-69-41(63)29-18-16-15-17-19-29/h15-19,30-39,42-43,53,59-61,68H,20-28H2,1-14H3,(H,54,64)(H,55,62)(H,56,65)(H,57,66)/t30-,31+,32+,33-,34-,35+,36+,37-,38+,39+,42+,43+,52-/m0/s1. The molecule has 9 N–H and O–H groups in total. The van der Waals surface area contributed by atoms with Crippen molar-refractivity contribution >= 4 is 36.2 Å². The molecule has 1 saturated carbocycles. The summed E-state index contributed by atoms with van der Waals surface area (Å²) < 4.78 is 52.9. The average molecular weight is 1100 g/mol. The molecule has 25 nitrogen and oxygen atoms in total. The van der Waals surface area contributed by atoms with Crippen molar-refractivity contribution in [3.63, 3.8) is 0 Å². The number of carbonyl (C=O) groups excluding carboxylic acids is 6. The molecule has 2 aliphatic heterocycles. The van der Waals surface area contributed by atoms with Crippen LogP contribution in [0.25, 0.3) is 0 Å². The molecule has 438 valence electrons. The number of carbonyl (C=O) groups is 6. The highest BCUT2D eigenvalue weighted by molar-refractivity contribution is 5.89. The van der Waals surface area contributed by atoms with Gasteiger partial charge in [0.2, 0.25) is 5.91 Å². The molecule has 1 aliphatic carbocycles. The van der Waals surface area contributed by atoms with Gasteiger partial charge in [-0.3, -0.25) is 4.79 Å². The molecule has 1 aromatic rings. The fraction of sp³-hybridized carbons (Fsp3) is 0.769. The number of benzene rings is 1. The van der Waals surface area contributed by atoms with Crippen molar-refractivity contribution in [1.29, 1.82) is 0 Å². The Morgan fingerprint density at radius 2 is 1.25 bits per heavy atom. The fourth-order valence-corrected chi connectivity index (χ4v) is 8.67. The summed E-state index contributed by atoms with van der Waals surface area (Å²) in [6, 6.07) is 3.50. The van der Waals surface area contributed by atoms with Crippen LogP contribution in [-0.2, 0) is 47.4 Å². The maximum absolute atomic E-state index is 13.9. The third-order valence-electron chi connectivity index (χ3n) is 11.9. The van der Waals surface area contributed by atoms with Gasteiger partial charge in [0.15, 0.2) is 12.6 Å². The zero-order chi connectivity index (χ0) is 57.8. The minimum absolute atomic E-state index is 0.0313. The SMILES string of the molecule is CN(C(=O)OC(C)(C)C)[C@@H]1[C@@H](O)[C@@H](O[C@@H]2[C@@H](O)[C@H](O[C@H]3O[C@H](CNCCOC(=O)c4ccccc4)CC[C@H]3NC(=O)OC(C)(C)C)[C@@H](NC(=O)OC(C)(C)C)C[C@H]2NC(=O)[C@@H](O)CCNC(=O)OC(C)(C)C)OC[C@]1(C)O. The van der Waals surface area contributed by atoms with Crippen LogP contribution in [-0.4, -0.2) is 203 Å². The van der Waals surface area contributed by atoms with Crippen LogP contribution in [0.1, 0.15) is 126 Å². The van der Waals surface area contributed by atoms with E-state index in [4.69, 9.17) is 42.6 Å². The highest BCUT2D eigenvalue weighted by Gasteiger charge is 2.55. The molecule has 2 heterocycles. The van der Waals surface area contributed by atoms with E-state index >= 15 is 0 Å². The topological polar surface area (TPSA) is 330 Å². The van der Waals surface area contributed by atoms with Crippen LogP contribution in [0.2, 0.25) is 0 Å². The number of rotatable bonds is 18. The van der Waals surface area contributed by atoms with Crippen molar-refractivity contribution < 1.29 is 91.8 Å². The van der Waals surface area contributed by atoms with E-state index < -0.39 is 144 Å². The normalized spacial score (nSPS) is 28.4. The molecule has 2 saturated heterocycles. The lowest BCUT2D eigenvalue weighted by molar-refractivity contribution is -0.314. The van der Waals surface area contributed by atoms with Gasteiger partial charge in [-0.1, -0.05) is 18.2 Å². The number of hydrogen-bond acceptors (Lipinski definition) is 20. The third kappa shape index (κ3) is 21.2. The summed E-state index contributed by atoms with van der Waals surface area (Å²) in [7, 11) is 1.31. The molecule has 0 spiro atoms. The van der Waals surface area contributed by atoms with Crippen LogP contribution in [0.3, 0.4) is 0 Å². The van der Waals surface area contributed by atoms with E-state index in [1.807, 2.05) is 0 Å². The van der Waals surface area contributed by atoms with Gasteiger partial charge >= 0.3 is 30.3 Å². The van der Waals surface area contributed by atoms with Crippen LogP contribution in [0.5, 0.6) is 0 Å². The first-order valence-corrected chi connectivity index (χ1v) is 26.0. The monoisotopic (exact) mass is 1100 g/mol. The van der Waals surface area contributed by atoms with E-state index in [2.05, 4.69) is 26.6 Å². The van der Waals surface area contributed by atoms with E-state index in [0.29, 0.717) is 12.0 Å². The molecule has 3 fully saturated rings. The van der Waals surface area contributed by atoms with E-state index in [9.17, 15) is 49.2 Å². The Hall–Kier alpha value is -5.12. The summed E-state index contributed by atoms with van der Waals surface area (Å²) in [5.41, 5.74) is -5.20. The lowest BCUT2D eigenvalue weighted by atomic mass is 9.82. The van der Waals surface area contributed by atoms with Gasteiger partial charge in [0, 0.05) is 26.7 Å². The number of alkyl carbamates (subject to hydrolysis) is 3. The van der Waals surface area contributed by atoms with Gasteiger partial charge in [-0.15, -0.1) is 0 Å². The molecule has 77 heavy (non-hydrogen) atoms. The number of ether oxygens (including phenoxy) is 9. The van der Waals surface area contributed by atoms with Crippen molar-refractivity contribution in [2.24, 2.45) is 0 Å². The molecule has 0 radical (unpaired) electrons. The Balaban J connectivity index is 1.71. The van der Waals surface area contributed by atoms with Gasteiger partial charge in [0.25, 0.3) is 0 Å². The summed E-state index contributed by atoms with van der Waals surface area (Å²) in [5, 5.41) is 61.2. The maximum atomic E-state index is 13.9. The fourth-order valence-electron chi connectivity index (χ4n) is 8.67. The van der Waals surface area contributed by atoms with Crippen molar-refractivity contribution in [1.82, 2.24) is 31.5 Å². The van der Waals surface area contributed by atoms with Crippen molar-refractivity contribution in [2.45, 2.75) is 217 Å². The minimum Gasteiger partial charge on any atom is -0.461 e. The first-order valence-electron chi connectivity index (χ1n) is 26.0. The third-order valence-corrected chi connectivity index (χ3v) is 11.9. The second-order valence-corrected chi connectivity index (χ2v) is 23.8. The van der Waals surface area contributed by atoms with Gasteiger partial charge in [-0.2, -0.15) is 0 Å². The Bertz CT molecular complexity index is 2110. The van der Waals surface area contributed by atoms with Gasteiger partial charge < -0.3 is 94.5 Å². The number of nitrogens with one attached hydrogen (secondary N) is 5. The number of amides is 5. The molecule has 3 aliphatic rings. The maximum Gasteiger partial charge on any atom is 0.410 e. The number of hydrogen-bond donors (Lipinski definition) is 9. The summed E-state index contributed by atoms with van der Waals surface area (Å²) in [6.07, 6.45) is -15.9. The Morgan fingerprint density at radius 3 is 1.82 bits per heavy atom. The number of esters is 1. The molecular formula is C52H86N6O19. The smallest absolute Gasteiger partial charge is 0.410 e. The predicted molar refractivity (Wildman–Crippen MR) is 275 cm³/mol. The molecule has 1 aromatic carbocycles. The first-order chi connectivity index (χ1) is 35.5. The zero-order valence-electron chi connectivity index (χ0n) is 47.0. The lowest BCUT2D eigenvalue weighted by Gasteiger charge is -2.51. The molecule has 0 aromatic heterocycles. The van der Waals surface area contributed by atoms with Crippen LogP contribution in [0.15, 0.2) is 30.3 Å². The highest BCUT2D eigenvalue weighted by atomic mass is 16.7. The number of aliphatic hydroxyl groups is 4. The minimum atomic E-state index is -1.91. The quantitative estimate of drug-likeness (QED) is 0.0580. The predicted octanol–water partition coefficient (Wildman–Crippen LogP) is 2.72. The van der Waals surface area contributed by atoms with Crippen molar-refractivity contribution in [2.75, 3.05) is 39.9 Å². The zero-order valence-corrected chi connectivity index (χ0v) is 47.0. The molecule has 13 atom stereocenters. The van der Waals surface area contributed by atoms with Gasteiger partial charge in [-0.25, -0.2) is 24.0 Å². The van der Waals surface area contributed by atoms with Crippen molar-refractivity contribution in [3.8, 4) is 0 Å². The summed E-state index contributed by atoms with van der Waals surface area (Å²) in [5.74, 6) is -1.49. The van der Waals surface area contributed by atoms with E-state index in [1.54, 1.807) is 113 Å². The number of nitrogens with zero attached hydrogens (tertiary/aromatic N) is 1. The second-order valence-electron chi connectivity index (χ2n) is 23.8. The number of likely N-dealkylation sites (N-methyl/N-ethyl adjacent to an activating group) is 1. The van der Waals surface area contributed by atoms with Gasteiger partial charge in [0.05, 0.1) is 42.4 Å². The van der Waals surface area contributed by atoms with Crippen molar-refractivity contribution in [3.05, 3.63) is 35.9 Å². The van der Waals surface area contributed by atoms with Crippen LogP contribution >= 0.6 is 0 Å². The van der Waals surface area contributed by atoms with Crippen LogP contribution in [0.4, 0.5) is 19.2 Å². The average Bonchev–Trinajstić information content (AvgIpc) is 3.27. The Kier molecular flexibility index (Phi) is 22.7. The summed E-state index contributed by atoms with van der Waals surface area (Å²) in [6.45, 7) is 21.0. The largest absolute Gasteiger partial charge is 0.461 e. The molecule has 0 bridgehead atoms. The molecule has 0 unspecified atom stereocenters.